The number of esters is 1. The summed E-state index contributed by atoms with van der Waals surface area (Å²) in [7, 11) is 0. The highest BCUT2D eigenvalue weighted by molar-refractivity contribution is 5.97. The van der Waals surface area contributed by atoms with Gasteiger partial charge in [-0.15, -0.1) is 0 Å². The summed E-state index contributed by atoms with van der Waals surface area (Å²) in [5, 5.41) is 11.5. The van der Waals surface area contributed by atoms with Crippen molar-refractivity contribution in [3.63, 3.8) is 0 Å². The van der Waals surface area contributed by atoms with Crippen LogP contribution in [0.15, 0.2) is 10.6 Å². The maximum Gasteiger partial charge on any atom is 0.313 e. The second-order valence-electron chi connectivity index (χ2n) is 8.15. The zero-order valence-corrected chi connectivity index (χ0v) is 17.5. The lowest BCUT2D eigenvalue weighted by Gasteiger charge is -2.36. The Morgan fingerprint density at radius 3 is 2.87 bits per heavy atom. The van der Waals surface area contributed by atoms with Crippen molar-refractivity contribution >= 4 is 11.9 Å². The van der Waals surface area contributed by atoms with Gasteiger partial charge in [0, 0.05) is 25.8 Å². The van der Waals surface area contributed by atoms with Crippen molar-refractivity contribution in [3.8, 4) is 0 Å². The minimum atomic E-state index is -0.376. The van der Waals surface area contributed by atoms with E-state index in [4.69, 9.17) is 14.0 Å². The Balaban J connectivity index is 1.47. The zero-order chi connectivity index (χ0) is 21.1. The first kappa shape index (κ1) is 20.6. The van der Waals surface area contributed by atoms with Gasteiger partial charge in [0.05, 0.1) is 29.2 Å². The van der Waals surface area contributed by atoms with Gasteiger partial charge in [-0.3, -0.25) is 14.3 Å². The molecular weight excluding hydrogens is 388 g/mol. The average molecular weight is 416 g/mol. The highest BCUT2D eigenvalue weighted by Gasteiger charge is 2.39. The molecule has 0 radical (unpaired) electrons. The van der Waals surface area contributed by atoms with Gasteiger partial charge in [-0.2, -0.15) is 5.10 Å². The maximum atomic E-state index is 12.8. The number of rotatable bonds is 6. The number of aryl methyl sites for hydroxylation is 2. The molecule has 0 aromatic carbocycles. The molecule has 0 saturated carbocycles. The van der Waals surface area contributed by atoms with Gasteiger partial charge in [0.2, 0.25) is 0 Å². The van der Waals surface area contributed by atoms with Crippen molar-refractivity contribution in [1.82, 2.24) is 20.3 Å². The highest BCUT2D eigenvalue weighted by atomic mass is 16.5. The molecule has 0 atom stereocenters. The van der Waals surface area contributed by atoms with E-state index in [0.29, 0.717) is 44.0 Å². The number of aromatic nitrogens is 3. The summed E-state index contributed by atoms with van der Waals surface area (Å²) in [4.78, 5) is 24.9. The molecular formula is C21H28N4O5. The molecule has 1 saturated heterocycles. The van der Waals surface area contributed by atoms with Gasteiger partial charge in [0.25, 0.3) is 5.91 Å². The Labute approximate surface area is 175 Å². The van der Waals surface area contributed by atoms with E-state index in [1.807, 2.05) is 11.6 Å². The molecule has 30 heavy (non-hydrogen) atoms. The summed E-state index contributed by atoms with van der Waals surface area (Å²) in [6.45, 7) is 6.45. The van der Waals surface area contributed by atoms with Gasteiger partial charge in [-0.25, -0.2) is 0 Å². The number of hydrogen-bond acceptors (Lipinski definition) is 7. The topological polar surface area (TPSA) is 108 Å². The van der Waals surface area contributed by atoms with Crippen LogP contribution in [-0.4, -0.2) is 53.2 Å². The molecule has 0 bridgehead atoms. The number of fused-ring (bicyclic) bond motifs is 1. The van der Waals surface area contributed by atoms with Crippen molar-refractivity contribution in [2.24, 2.45) is 5.41 Å². The summed E-state index contributed by atoms with van der Waals surface area (Å²) in [5.41, 5.74) is 3.12. The molecule has 9 heteroatoms. The lowest BCUT2D eigenvalue weighted by Crippen LogP contribution is -2.40. The SMILES string of the molecule is CCc1nn(CCOC(=O)Cc2cc(C)no2)c2c1C(=O)NCC1(CCOCC1)C2. The molecule has 2 aliphatic rings. The van der Waals surface area contributed by atoms with Crippen molar-refractivity contribution in [1.29, 1.82) is 0 Å². The standard InChI is InChI=1S/C21H28N4O5/c1-3-16-19-17(12-21(13-22-20(19)27)4-7-28-8-5-21)25(23-16)6-9-29-18(26)11-15-10-14(2)24-30-15/h10H,3-9,11-13H2,1-2H3,(H,22,27). The maximum absolute atomic E-state index is 12.8. The normalized spacial score (nSPS) is 18.0. The van der Waals surface area contributed by atoms with Crippen LogP contribution in [-0.2, 0) is 40.1 Å². The Kier molecular flexibility index (Phi) is 5.90. The van der Waals surface area contributed by atoms with Crippen LogP contribution < -0.4 is 5.32 Å². The van der Waals surface area contributed by atoms with E-state index in [9.17, 15) is 9.59 Å². The van der Waals surface area contributed by atoms with E-state index in [2.05, 4.69) is 15.6 Å². The number of carbonyl (C=O) groups is 2. The summed E-state index contributed by atoms with van der Waals surface area (Å²) in [5.74, 6) is 0.0461. The fourth-order valence-corrected chi connectivity index (χ4v) is 4.30. The number of hydrogen-bond donors (Lipinski definition) is 1. The lowest BCUT2D eigenvalue weighted by molar-refractivity contribution is -0.143. The first-order valence-corrected chi connectivity index (χ1v) is 10.5. The number of ether oxygens (including phenoxy) is 2. The molecule has 2 aliphatic heterocycles. The van der Waals surface area contributed by atoms with Crippen molar-refractivity contribution in [3.05, 3.63) is 34.5 Å². The molecule has 9 nitrogen and oxygen atoms in total. The highest BCUT2D eigenvalue weighted by Crippen LogP contribution is 2.37. The summed E-state index contributed by atoms with van der Waals surface area (Å²) < 4.78 is 17.8. The molecule has 1 amide bonds. The Bertz CT molecular complexity index is 926. The predicted octanol–water partition coefficient (Wildman–Crippen LogP) is 1.61. The van der Waals surface area contributed by atoms with E-state index in [1.54, 1.807) is 13.0 Å². The number of nitrogens with one attached hydrogen (secondary N) is 1. The molecule has 1 spiro atoms. The van der Waals surface area contributed by atoms with Crippen LogP contribution in [0.4, 0.5) is 0 Å². The zero-order valence-electron chi connectivity index (χ0n) is 17.5. The van der Waals surface area contributed by atoms with Gasteiger partial charge in [0.1, 0.15) is 18.8 Å². The van der Waals surface area contributed by atoms with E-state index in [1.165, 1.54) is 0 Å². The number of nitrogens with zero attached hydrogens (tertiary/aromatic N) is 3. The Morgan fingerprint density at radius 1 is 1.37 bits per heavy atom. The largest absolute Gasteiger partial charge is 0.463 e. The monoisotopic (exact) mass is 416 g/mol. The van der Waals surface area contributed by atoms with Crippen LogP contribution in [0.2, 0.25) is 0 Å². The predicted molar refractivity (Wildman–Crippen MR) is 106 cm³/mol. The Hall–Kier alpha value is -2.68. The van der Waals surface area contributed by atoms with Gasteiger partial charge in [-0.05, 0) is 38.0 Å². The summed E-state index contributed by atoms with van der Waals surface area (Å²) >= 11 is 0. The second-order valence-corrected chi connectivity index (χ2v) is 8.15. The third-order valence-corrected chi connectivity index (χ3v) is 5.97. The molecule has 2 aromatic rings. The van der Waals surface area contributed by atoms with Crippen molar-refractivity contribution in [2.45, 2.75) is 52.5 Å². The first-order valence-electron chi connectivity index (χ1n) is 10.5. The molecule has 4 heterocycles. The molecule has 0 unspecified atom stereocenters. The van der Waals surface area contributed by atoms with Crippen LogP contribution in [0, 0.1) is 12.3 Å². The summed E-state index contributed by atoms with van der Waals surface area (Å²) in [6, 6.07) is 1.72. The molecule has 1 fully saturated rings. The quantitative estimate of drug-likeness (QED) is 0.713. The number of carbonyl (C=O) groups excluding carboxylic acids is 2. The lowest BCUT2D eigenvalue weighted by atomic mass is 9.76. The first-order chi connectivity index (χ1) is 14.5. The minimum Gasteiger partial charge on any atom is -0.463 e. The van der Waals surface area contributed by atoms with Crippen molar-refractivity contribution in [2.75, 3.05) is 26.4 Å². The van der Waals surface area contributed by atoms with Crippen LogP contribution in [0.1, 0.15) is 53.0 Å². The van der Waals surface area contributed by atoms with Gasteiger partial charge < -0.3 is 19.3 Å². The fraction of sp³-hybridized carbons (Fsp3) is 0.619. The molecule has 4 rings (SSSR count). The van der Waals surface area contributed by atoms with E-state index in [-0.39, 0.29) is 30.3 Å². The van der Waals surface area contributed by atoms with Crippen molar-refractivity contribution < 1.29 is 23.6 Å². The molecule has 0 aliphatic carbocycles. The van der Waals surface area contributed by atoms with E-state index in [0.717, 1.165) is 36.3 Å². The summed E-state index contributed by atoms with van der Waals surface area (Å²) in [6.07, 6.45) is 3.30. The Morgan fingerprint density at radius 2 is 2.17 bits per heavy atom. The fourth-order valence-electron chi connectivity index (χ4n) is 4.30. The van der Waals surface area contributed by atoms with Crippen LogP contribution in [0.5, 0.6) is 0 Å². The third-order valence-electron chi connectivity index (χ3n) is 5.97. The third kappa shape index (κ3) is 4.26. The molecule has 1 N–H and O–H groups in total. The number of amides is 1. The minimum absolute atomic E-state index is 0.0111. The van der Waals surface area contributed by atoms with Crippen LogP contribution >= 0.6 is 0 Å². The van der Waals surface area contributed by atoms with Gasteiger partial charge in [-0.1, -0.05) is 12.1 Å². The van der Waals surface area contributed by atoms with E-state index >= 15 is 0 Å². The van der Waals surface area contributed by atoms with Crippen LogP contribution in [0.3, 0.4) is 0 Å². The van der Waals surface area contributed by atoms with Gasteiger partial charge >= 0.3 is 5.97 Å². The smallest absolute Gasteiger partial charge is 0.313 e. The average Bonchev–Trinajstić information content (AvgIpc) is 3.26. The van der Waals surface area contributed by atoms with E-state index < -0.39 is 0 Å². The van der Waals surface area contributed by atoms with Crippen LogP contribution in [0.25, 0.3) is 0 Å². The molecule has 2 aromatic heterocycles. The molecule has 162 valence electrons. The van der Waals surface area contributed by atoms with Gasteiger partial charge in [0.15, 0.2) is 0 Å². The second kappa shape index (κ2) is 8.59.